The number of hydrogen-bond donors (Lipinski definition) is 2. The molecule has 96 valence electrons. The van der Waals surface area contributed by atoms with E-state index in [2.05, 4.69) is 4.72 Å². The van der Waals surface area contributed by atoms with Crippen molar-refractivity contribution in [2.24, 2.45) is 0 Å². The second kappa shape index (κ2) is 5.46. The van der Waals surface area contributed by atoms with E-state index >= 15 is 0 Å². The topological polar surface area (TPSA) is 72.2 Å². The zero-order chi connectivity index (χ0) is 13.1. The number of nitrogens with two attached hydrogens (primary N) is 1. The lowest BCUT2D eigenvalue weighted by atomic mass is 10.2. The fraction of sp³-hybridized carbons (Fsp3) is 0.455. The van der Waals surface area contributed by atoms with Gasteiger partial charge in [0.1, 0.15) is 10.7 Å². The van der Waals surface area contributed by atoms with E-state index in [-0.39, 0.29) is 11.7 Å². The zero-order valence-electron chi connectivity index (χ0n) is 9.90. The quantitative estimate of drug-likeness (QED) is 0.794. The van der Waals surface area contributed by atoms with Gasteiger partial charge in [-0.2, -0.15) is 0 Å². The third-order valence-corrected chi connectivity index (χ3v) is 4.09. The molecule has 0 aliphatic rings. The number of halogens is 1. The summed E-state index contributed by atoms with van der Waals surface area (Å²) in [7, 11) is -3.84. The minimum Gasteiger partial charge on any atom is -0.399 e. The molecule has 0 bridgehead atoms. The van der Waals surface area contributed by atoms with Crippen LogP contribution in [0.2, 0.25) is 0 Å². The third-order valence-electron chi connectivity index (χ3n) is 2.55. The van der Waals surface area contributed by atoms with Crippen LogP contribution in [0.1, 0.15) is 26.7 Å². The highest BCUT2D eigenvalue weighted by Gasteiger charge is 2.21. The van der Waals surface area contributed by atoms with Crippen molar-refractivity contribution in [3.05, 3.63) is 24.0 Å². The summed E-state index contributed by atoms with van der Waals surface area (Å²) in [6, 6.07) is 3.31. The molecule has 1 aromatic carbocycles. The average molecular weight is 260 g/mol. The molecule has 0 saturated heterocycles. The Labute approximate surface area is 101 Å². The third kappa shape index (κ3) is 3.41. The van der Waals surface area contributed by atoms with E-state index in [0.717, 1.165) is 12.1 Å². The maximum atomic E-state index is 13.4. The molecule has 0 saturated carbocycles. The Bertz CT molecular complexity index is 484. The molecule has 0 aliphatic carbocycles. The molecule has 0 amide bonds. The summed E-state index contributed by atoms with van der Waals surface area (Å²) in [5.74, 6) is -0.794. The molecule has 0 heterocycles. The van der Waals surface area contributed by atoms with Crippen molar-refractivity contribution in [3.8, 4) is 0 Å². The van der Waals surface area contributed by atoms with Gasteiger partial charge in [-0.05, 0) is 31.0 Å². The number of rotatable bonds is 5. The first kappa shape index (κ1) is 13.9. The predicted molar refractivity (Wildman–Crippen MR) is 65.5 cm³/mol. The predicted octanol–water partition coefficient (Wildman–Crippen LogP) is 1.87. The second-order valence-corrected chi connectivity index (χ2v) is 5.51. The van der Waals surface area contributed by atoms with Crippen LogP contribution in [0, 0.1) is 5.82 Å². The molecule has 0 spiro atoms. The highest BCUT2D eigenvalue weighted by Crippen LogP contribution is 2.18. The fourth-order valence-corrected chi connectivity index (χ4v) is 2.98. The Morgan fingerprint density at radius 3 is 2.47 bits per heavy atom. The largest absolute Gasteiger partial charge is 0.399 e. The molecule has 0 aromatic heterocycles. The van der Waals surface area contributed by atoms with E-state index in [4.69, 9.17) is 5.73 Å². The summed E-state index contributed by atoms with van der Waals surface area (Å²) in [6.07, 6.45) is 1.30. The first-order valence-electron chi connectivity index (χ1n) is 5.48. The molecule has 3 N–H and O–H groups in total. The smallest absolute Gasteiger partial charge is 0.243 e. The van der Waals surface area contributed by atoms with Gasteiger partial charge in [-0.1, -0.05) is 13.8 Å². The number of hydrogen-bond acceptors (Lipinski definition) is 3. The van der Waals surface area contributed by atoms with Crippen molar-refractivity contribution in [1.29, 1.82) is 0 Å². The van der Waals surface area contributed by atoms with Gasteiger partial charge in [0.25, 0.3) is 0 Å². The van der Waals surface area contributed by atoms with E-state index < -0.39 is 20.7 Å². The minimum absolute atomic E-state index is 0.194. The van der Waals surface area contributed by atoms with Gasteiger partial charge >= 0.3 is 0 Å². The van der Waals surface area contributed by atoms with Gasteiger partial charge in [-0.3, -0.25) is 0 Å². The number of sulfonamides is 1. The van der Waals surface area contributed by atoms with Gasteiger partial charge in [0.15, 0.2) is 0 Å². The van der Waals surface area contributed by atoms with Gasteiger partial charge < -0.3 is 5.73 Å². The summed E-state index contributed by atoms with van der Waals surface area (Å²) in [6.45, 7) is 3.73. The molecule has 1 aromatic rings. The van der Waals surface area contributed by atoms with E-state index in [1.54, 1.807) is 0 Å². The Morgan fingerprint density at radius 1 is 1.35 bits per heavy atom. The van der Waals surface area contributed by atoms with Crippen molar-refractivity contribution in [3.63, 3.8) is 0 Å². The molecule has 0 radical (unpaired) electrons. The molecule has 0 atom stereocenters. The standard InChI is InChI=1S/C11H17FN2O2S/c1-3-9(4-2)14-17(15,16)11-7-8(13)5-6-10(11)12/h5-7,9,14H,3-4,13H2,1-2H3. The number of nitrogen functional groups attached to an aromatic ring is 1. The Balaban J connectivity index is 3.09. The molecular weight excluding hydrogens is 243 g/mol. The first-order chi connectivity index (χ1) is 7.90. The molecule has 17 heavy (non-hydrogen) atoms. The van der Waals surface area contributed by atoms with E-state index in [9.17, 15) is 12.8 Å². The lowest BCUT2D eigenvalue weighted by molar-refractivity contribution is 0.520. The van der Waals surface area contributed by atoms with Gasteiger partial charge in [0, 0.05) is 11.7 Å². The molecule has 1 rings (SSSR count). The van der Waals surface area contributed by atoms with Crippen molar-refractivity contribution in [1.82, 2.24) is 4.72 Å². The van der Waals surface area contributed by atoms with Crippen molar-refractivity contribution in [2.75, 3.05) is 5.73 Å². The molecule has 4 nitrogen and oxygen atoms in total. The van der Waals surface area contributed by atoms with Crippen LogP contribution in [-0.2, 0) is 10.0 Å². The van der Waals surface area contributed by atoms with Crippen LogP contribution < -0.4 is 10.5 Å². The zero-order valence-corrected chi connectivity index (χ0v) is 10.7. The van der Waals surface area contributed by atoms with E-state index in [0.29, 0.717) is 12.8 Å². The highest BCUT2D eigenvalue weighted by molar-refractivity contribution is 7.89. The summed E-state index contributed by atoms with van der Waals surface area (Å²) >= 11 is 0. The van der Waals surface area contributed by atoms with Gasteiger partial charge in [-0.25, -0.2) is 17.5 Å². The monoisotopic (exact) mass is 260 g/mol. The van der Waals surface area contributed by atoms with E-state index in [1.807, 2.05) is 13.8 Å². The lowest BCUT2D eigenvalue weighted by Crippen LogP contribution is -2.34. The van der Waals surface area contributed by atoms with Crippen LogP contribution in [0.25, 0.3) is 0 Å². The van der Waals surface area contributed by atoms with Gasteiger partial charge in [0.2, 0.25) is 10.0 Å². The van der Waals surface area contributed by atoms with E-state index in [1.165, 1.54) is 6.07 Å². The number of anilines is 1. The molecule has 0 fully saturated rings. The summed E-state index contributed by atoms with van der Waals surface area (Å²) in [4.78, 5) is -0.399. The van der Waals surface area contributed by atoms with Crippen LogP contribution in [0.3, 0.4) is 0 Å². The summed E-state index contributed by atoms with van der Waals surface area (Å²) in [5, 5.41) is 0. The number of benzene rings is 1. The normalized spacial score (nSPS) is 12.0. The minimum atomic E-state index is -3.84. The fourth-order valence-electron chi connectivity index (χ4n) is 1.46. The van der Waals surface area contributed by atoms with Crippen LogP contribution in [-0.4, -0.2) is 14.5 Å². The lowest BCUT2D eigenvalue weighted by Gasteiger charge is -2.15. The maximum absolute atomic E-state index is 13.4. The maximum Gasteiger partial charge on any atom is 0.243 e. The summed E-state index contributed by atoms with van der Waals surface area (Å²) in [5.41, 5.74) is 5.68. The van der Waals surface area contributed by atoms with Gasteiger partial charge in [0.05, 0.1) is 0 Å². The molecule has 0 unspecified atom stereocenters. The number of nitrogens with one attached hydrogen (secondary N) is 1. The first-order valence-corrected chi connectivity index (χ1v) is 6.96. The SMILES string of the molecule is CCC(CC)NS(=O)(=O)c1cc(N)ccc1F. The van der Waals surface area contributed by atoms with Crippen molar-refractivity contribution >= 4 is 15.7 Å². The highest BCUT2D eigenvalue weighted by atomic mass is 32.2. The van der Waals surface area contributed by atoms with Crippen molar-refractivity contribution < 1.29 is 12.8 Å². The average Bonchev–Trinajstić information content (AvgIpc) is 2.29. The Morgan fingerprint density at radius 2 is 1.94 bits per heavy atom. The van der Waals surface area contributed by atoms with Gasteiger partial charge in [-0.15, -0.1) is 0 Å². The van der Waals surface area contributed by atoms with Crippen LogP contribution in [0.4, 0.5) is 10.1 Å². The van der Waals surface area contributed by atoms with Crippen LogP contribution in [0.5, 0.6) is 0 Å². The molecule has 0 aliphatic heterocycles. The Kier molecular flexibility index (Phi) is 4.47. The van der Waals surface area contributed by atoms with Crippen molar-refractivity contribution in [2.45, 2.75) is 37.6 Å². The molecular formula is C11H17FN2O2S. The van der Waals surface area contributed by atoms with Crippen LogP contribution >= 0.6 is 0 Å². The van der Waals surface area contributed by atoms with Crippen LogP contribution in [0.15, 0.2) is 23.1 Å². The summed E-state index contributed by atoms with van der Waals surface area (Å²) < 4.78 is 39.8. The Hall–Kier alpha value is -1.14. The molecule has 6 heteroatoms. The second-order valence-electron chi connectivity index (χ2n) is 3.82.